The van der Waals surface area contributed by atoms with Gasteiger partial charge in [-0.15, -0.1) is 0 Å². The average molecular weight is 606 g/mol. The number of likely N-dealkylation sites (tertiary alicyclic amines) is 1. The number of nitrogens with one attached hydrogen (secondary N) is 4. The summed E-state index contributed by atoms with van der Waals surface area (Å²) >= 11 is 0. The molecular weight excluding hydrogens is 574 g/mol. The van der Waals surface area contributed by atoms with Crippen LogP contribution < -0.4 is 16.0 Å². The summed E-state index contributed by atoms with van der Waals surface area (Å²) in [6.07, 6.45) is 4.90. The van der Waals surface area contributed by atoms with Gasteiger partial charge in [-0.3, -0.25) is 29.8 Å². The van der Waals surface area contributed by atoms with Crippen molar-refractivity contribution >= 4 is 52.0 Å². The fourth-order valence-corrected chi connectivity index (χ4v) is 5.62. The van der Waals surface area contributed by atoms with E-state index in [2.05, 4.69) is 25.9 Å². The first-order valence-electron chi connectivity index (χ1n) is 14.7. The fraction of sp³-hybridized carbons (Fsp3) is 0.212. The molecule has 1 fully saturated rings. The zero-order chi connectivity index (χ0) is 31.5. The van der Waals surface area contributed by atoms with E-state index < -0.39 is 4.92 Å². The molecule has 4 N–H and O–H groups in total. The molecule has 0 aliphatic carbocycles. The molecule has 3 heterocycles. The zero-order valence-electron chi connectivity index (χ0n) is 24.6. The number of H-pyrrole nitrogens is 1. The quantitative estimate of drug-likeness (QED) is 0.106. The Bertz CT molecular complexity index is 1830. The number of carbonyl (C=O) groups is 3. The second-order valence-corrected chi connectivity index (χ2v) is 11.0. The van der Waals surface area contributed by atoms with E-state index in [9.17, 15) is 24.5 Å². The molecule has 3 amide bonds. The number of benzene rings is 3. The second-order valence-electron chi connectivity index (χ2n) is 11.0. The number of aryl methyl sites for hydroxylation is 1. The van der Waals surface area contributed by atoms with Crippen LogP contribution in [0.1, 0.15) is 42.9 Å². The van der Waals surface area contributed by atoms with E-state index in [0.717, 1.165) is 49.0 Å². The van der Waals surface area contributed by atoms with Gasteiger partial charge in [-0.25, -0.2) is 4.98 Å². The van der Waals surface area contributed by atoms with E-state index in [4.69, 9.17) is 0 Å². The van der Waals surface area contributed by atoms with Gasteiger partial charge in [0.1, 0.15) is 0 Å². The highest BCUT2D eigenvalue weighted by atomic mass is 16.6. The molecule has 2 aliphatic rings. The molecule has 0 atom stereocenters. The van der Waals surface area contributed by atoms with Gasteiger partial charge in [0.15, 0.2) is 0 Å². The summed E-state index contributed by atoms with van der Waals surface area (Å²) in [4.78, 5) is 56.9. The van der Waals surface area contributed by atoms with E-state index in [-0.39, 0.29) is 23.4 Å². The third kappa shape index (κ3) is 6.44. The van der Waals surface area contributed by atoms with Crippen molar-refractivity contribution in [3.63, 3.8) is 0 Å². The highest BCUT2D eigenvalue weighted by Gasteiger charge is 2.30. The minimum absolute atomic E-state index is 0.115. The maximum atomic E-state index is 13.3. The number of anilines is 3. The summed E-state index contributed by atoms with van der Waals surface area (Å²) < 4.78 is 0. The highest BCUT2D eigenvalue weighted by Crippen LogP contribution is 2.39. The van der Waals surface area contributed by atoms with Gasteiger partial charge in [-0.1, -0.05) is 36.4 Å². The molecule has 4 aromatic rings. The standard InChI is InChI=1S/C33H31N7O5/c1-20(41)35-33-34-19-28(38-33)22-10-12-24(13-11-22)36-31(30-26-18-25(40(44)45)14-15-27(26)37-32(30)43)23-8-6-21(7-9-23)4-2-16-39-17-3-5-29(39)42/h6-15,18-19,36H,2-5,16-17H2,1H3,(H,37,43)(H2,34,35,38,41)/b31-30-. The van der Waals surface area contributed by atoms with Crippen molar-refractivity contribution in [1.82, 2.24) is 14.9 Å². The van der Waals surface area contributed by atoms with Crippen molar-refractivity contribution in [2.24, 2.45) is 0 Å². The number of nitro groups is 1. The predicted molar refractivity (Wildman–Crippen MR) is 171 cm³/mol. The number of nitro benzene ring substituents is 1. The van der Waals surface area contributed by atoms with Gasteiger partial charge in [0, 0.05) is 67.3 Å². The summed E-state index contributed by atoms with van der Waals surface area (Å²) in [6.45, 7) is 2.96. The number of hydrogen-bond donors (Lipinski definition) is 4. The third-order valence-electron chi connectivity index (χ3n) is 7.84. The van der Waals surface area contributed by atoms with E-state index in [1.54, 1.807) is 6.20 Å². The number of rotatable bonds is 10. The third-order valence-corrected chi connectivity index (χ3v) is 7.84. The van der Waals surface area contributed by atoms with Crippen molar-refractivity contribution in [3.05, 3.63) is 99.7 Å². The predicted octanol–water partition coefficient (Wildman–Crippen LogP) is 5.43. The van der Waals surface area contributed by atoms with Gasteiger partial charge < -0.3 is 20.5 Å². The van der Waals surface area contributed by atoms with Crippen LogP contribution in [0.25, 0.3) is 22.5 Å². The van der Waals surface area contributed by atoms with Gasteiger partial charge in [0.05, 0.1) is 21.9 Å². The summed E-state index contributed by atoms with van der Waals surface area (Å²) in [5, 5.41) is 20.4. The Balaban J connectivity index is 1.30. The summed E-state index contributed by atoms with van der Waals surface area (Å²) in [7, 11) is 0. The number of fused-ring (bicyclic) bond motifs is 1. The van der Waals surface area contributed by atoms with Crippen LogP contribution in [-0.4, -0.2) is 50.6 Å². The van der Waals surface area contributed by atoms with E-state index in [0.29, 0.717) is 46.3 Å². The molecule has 2 aliphatic heterocycles. The molecule has 3 aromatic carbocycles. The minimum atomic E-state index is -0.483. The summed E-state index contributed by atoms with van der Waals surface area (Å²) in [5.74, 6) is -0.0358. The molecule has 228 valence electrons. The molecule has 0 spiro atoms. The van der Waals surface area contributed by atoms with Gasteiger partial charge in [-0.05, 0) is 48.6 Å². The van der Waals surface area contributed by atoms with Gasteiger partial charge in [-0.2, -0.15) is 0 Å². The lowest BCUT2D eigenvalue weighted by molar-refractivity contribution is -0.384. The molecule has 12 heteroatoms. The largest absolute Gasteiger partial charge is 0.354 e. The lowest BCUT2D eigenvalue weighted by Gasteiger charge is -2.16. The Hall–Kier alpha value is -5.78. The number of non-ortho nitro benzene ring substituents is 1. The number of aromatic nitrogens is 2. The first kappa shape index (κ1) is 29.3. The van der Waals surface area contributed by atoms with Crippen molar-refractivity contribution in [3.8, 4) is 11.3 Å². The average Bonchev–Trinajstić information content (AvgIpc) is 3.74. The van der Waals surface area contributed by atoms with Crippen molar-refractivity contribution in [2.45, 2.75) is 32.6 Å². The molecule has 1 aromatic heterocycles. The zero-order valence-corrected chi connectivity index (χ0v) is 24.6. The number of hydrogen-bond acceptors (Lipinski definition) is 7. The van der Waals surface area contributed by atoms with Crippen molar-refractivity contribution in [2.75, 3.05) is 29.0 Å². The molecule has 12 nitrogen and oxygen atoms in total. The van der Waals surface area contributed by atoms with Crippen molar-refractivity contribution in [1.29, 1.82) is 0 Å². The fourth-order valence-electron chi connectivity index (χ4n) is 5.62. The molecule has 6 rings (SSSR count). The monoisotopic (exact) mass is 605 g/mol. The van der Waals surface area contributed by atoms with Crippen LogP contribution in [0.2, 0.25) is 0 Å². The minimum Gasteiger partial charge on any atom is -0.354 e. The number of nitrogens with zero attached hydrogens (tertiary/aromatic N) is 3. The van der Waals surface area contributed by atoms with E-state index in [1.807, 2.05) is 53.4 Å². The van der Waals surface area contributed by atoms with Crippen LogP contribution in [0.4, 0.5) is 23.0 Å². The SMILES string of the molecule is CC(=O)Nc1nc(-c2ccc(N/C(=C3\C(=O)Nc4ccc([N+](=O)[O-])cc43)c3ccc(CCCN4CCCC4=O)cc3)cc2)c[nH]1. The maximum absolute atomic E-state index is 13.3. The molecule has 0 radical (unpaired) electrons. The summed E-state index contributed by atoms with van der Waals surface area (Å²) in [6, 6.07) is 19.6. The van der Waals surface area contributed by atoms with Crippen LogP contribution in [-0.2, 0) is 20.8 Å². The molecule has 1 saturated heterocycles. The molecule has 0 bridgehead atoms. The smallest absolute Gasteiger partial charge is 0.270 e. The molecule has 45 heavy (non-hydrogen) atoms. The van der Waals surface area contributed by atoms with Gasteiger partial charge in [0.25, 0.3) is 11.6 Å². The Morgan fingerprint density at radius 1 is 1.04 bits per heavy atom. The van der Waals surface area contributed by atoms with Crippen LogP contribution in [0.15, 0.2) is 72.9 Å². The number of imidazole rings is 1. The Morgan fingerprint density at radius 2 is 1.82 bits per heavy atom. The van der Waals surface area contributed by atoms with Gasteiger partial charge >= 0.3 is 0 Å². The molecule has 0 saturated carbocycles. The normalized spacial score (nSPS) is 15.1. The molecular formula is C33H31N7O5. The summed E-state index contributed by atoms with van der Waals surface area (Å²) in [5.41, 5.74) is 5.59. The maximum Gasteiger partial charge on any atom is 0.270 e. The van der Waals surface area contributed by atoms with Crippen LogP contribution in [0.5, 0.6) is 0 Å². The Kier molecular flexibility index (Phi) is 8.10. The number of aromatic amines is 1. The van der Waals surface area contributed by atoms with Gasteiger partial charge in [0.2, 0.25) is 17.8 Å². The lowest BCUT2D eigenvalue weighted by atomic mass is 9.98. The Labute approximate surface area is 258 Å². The highest BCUT2D eigenvalue weighted by molar-refractivity contribution is 6.37. The van der Waals surface area contributed by atoms with Crippen LogP contribution >= 0.6 is 0 Å². The first-order chi connectivity index (χ1) is 21.7. The van der Waals surface area contributed by atoms with E-state index >= 15 is 0 Å². The first-order valence-corrected chi connectivity index (χ1v) is 14.7. The topological polar surface area (TPSA) is 162 Å². The van der Waals surface area contributed by atoms with E-state index in [1.165, 1.54) is 25.1 Å². The Morgan fingerprint density at radius 3 is 2.51 bits per heavy atom. The number of carbonyl (C=O) groups excluding carboxylic acids is 3. The van der Waals surface area contributed by atoms with Crippen molar-refractivity contribution < 1.29 is 19.3 Å². The van der Waals surface area contributed by atoms with Crippen LogP contribution in [0.3, 0.4) is 0 Å². The number of amides is 3. The molecule has 0 unspecified atom stereocenters. The lowest BCUT2D eigenvalue weighted by Crippen LogP contribution is -2.25. The second kappa shape index (κ2) is 12.4. The van der Waals surface area contributed by atoms with Crippen LogP contribution in [0, 0.1) is 10.1 Å².